The van der Waals surface area contributed by atoms with Gasteiger partial charge in [0, 0.05) is 5.92 Å². The number of aryl methyl sites for hydroxylation is 1. The van der Waals surface area contributed by atoms with Crippen LogP contribution in [-0.4, -0.2) is 20.5 Å². The van der Waals surface area contributed by atoms with E-state index in [1.165, 1.54) is 30.5 Å². The molecule has 0 heterocycles. The quantitative estimate of drug-likeness (QED) is 0.488. The monoisotopic (exact) mass is 360 g/mol. The topological polar surface area (TPSA) is 84.8 Å². The van der Waals surface area contributed by atoms with Gasteiger partial charge < -0.3 is 4.18 Å². The lowest BCUT2D eigenvalue weighted by atomic mass is 10.2. The number of nitrogens with one attached hydrogen (secondary N) is 1. The van der Waals surface area contributed by atoms with Gasteiger partial charge in [-0.1, -0.05) is 31.5 Å². The lowest BCUT2D eigenvalue weighted by molar-refractivity contribution is -0.123. The maximum atomic E-state index is 12.2. The van der Waals surface area contributed by atoms with Gasteiger partial charge in [-0.3, -0.25) is 4.79 Å². The van der Waals surface area contributed by atoms with E-state index in [1.54, 1.807) is 38.1 Å². The third kappa shape index (κ3) is 5.42. The summed E-state index contributed by atoms with van der Waals surface area (Å²) in [6.45, 7) is 5.41. The van der Waals surface area contributed by atoms with E-state index in [1.807, 2.05) is 6.92 Å². The summed E-state index contributed by atoms with van der Waals surface area (Å²) < 4.78 is 29.5. The Morgan fingerprint density at radius 3 is 2.24 bits per heavy atom. The van der Waals surface area contributed by atoms with E-state index in [2.05, 4.69) is 10.5 Å². The molecule has 25 heavy (non-hydrogen) atoms. The molecule has 0 aromatic heterocycles. The van der Waals surface area contributed by atoms with Gasteiger partial charge in [-0.2, -0.15) is 13.5 Å². The van der Waals surface area contributed by atoms with Gasteiger partial charge >= 0.3 is 10.1 Å². The van der Waals surface area contributed by atoms with E-state index in [-0.39, 0.29) is 22.5 Å². The van der Waals surface area contributed by atoms with Gasteiger partial charge in [0.05, 0.1) is 6.21 Å². The largest absolute Gasteiger partial charge is 0.379 e. The average molecular weight is 360 g/mol. The van der Waals surface area contributed by atoms with Gasteiger partial charge in [0.1, 0.15) is 10.6 Å². The van der Waals surface area contributed by atoms with Gasteiger partial charge in [0.2, 0.25) is 5.91 Å². The molecule has 0 spiro atoms. The van der Waals surface area contributed by atoms with Crippen LogP contribution in [0, 0.1) is 12.8 Å². The summed E-state index contributed by atoms with van der Waals surface area (Å²) in [4.78, 5) is 11.5. The van der Waals surface area contributed by atoms with Crippen LogP contribution in [0.15, 0.2) is 58.5 Å². The van der Waals surface area contributed by atoms with Crippen molar-refractivity contribution >= 4 is 22.2 Å². The molecule has 7 heteroatoms. The highest BCUT2D eigenvalue weighted by Gasteiger charge is 2.16. The third-order valence-electron chi connectivity index (χ3n) is 3.31. The zero-order valence-electron chi connectivity index (χ0n) is 14.3. The Bertz CT molecular complexity index is 855. The summed E-state index contributed by atoms with van der Waals surface area (Å²) in [5, 5.41) is 3.84. The fourth-order valence-corrected chi connectivity index (χ4v) is 2.72. The molecule has 2 aromatic rings. The van der Waals surface area contributed by atoms with E-state index in [0.717, 1.165) is 5.56 Å². The lowest BCUT2D eigenvalue weighted by Gasteiger charge is -2.07. The summed E-state index contributed by atoms with van der Waals surface area (Å²) in [6, 6.07) is 12.8. The zero-order valence-corrected chi connectivity index (χ0v) is 15.1. The predicted octanol–water partition coefficient (Wildman–Crippen LogP) is 2.87. The lowest BCUT2D eigenvalue weighted by Crippen LogP contribution is -2.22. The van der Waals surface area contributed by atoms with Crippen molar-refractivity contribution in [1.29, 1.82) is 0 Å². The second kappa shape index (κ2) is 7.94. The first kappa shape index (κ1) is 18.7. The normalized spacial score (nSPS) is 11.7. The van der Waals surface area contributed by atoms with Crippen LogP contribution in [0.2, 0.25) is 0 Å². The molecule has 0 bridgehead atoms. The van der Waals surface area contributed by atoms with E-state index in [0.29, 0.717) is 5.56 Å². The third-order valence-corrected chi connectivity index (χ3v) is 4.57. The molecule has 2 rings (SSSR count). The van der Waals surface area contributed by atoms with Crippen LogP contribution in [0.25, 0.3) is 0 Å². The number of hydrogen-bond acceptors (Lipinski definition) is 5. The van der Waals surface area contributed by atoms with Crippen LogP contribution in [0.3, 0.4) is 0 Å². The zero-order chi connectivity index (χ0) is 18.4. The Balaban J connectivity index is 2.03. The number of hydrogen-bond donors (Lipinski definition) is 1. The molecule has 1 N–H and O–H groups in total. The molecule has 2 aromatic carbocycles. The summed E-state index contributed by atoms with van der Waals surface area (Å²) in [5.41, 5.74) is 4.08. The van der Waals surface area contributed by atoms with Crippen molar-refractivity contribution < 1.29 is 17.4 Å². The first-order valence-corrected chi connectivity index (χ1v) is 9.13. The summed E-state index contributed by atoms with van der Waals surface area (Å²) in [5.74, 6) is -0.135. The molecule has 0 fully saturated rings. The molecule has 0 atom stereocenters. The SMILES string of the molecule is Cc1ccc(S(=O)(=O)Oc2ccc(/C=N\NC(=O)C(C)C)cc2)cc1. The molecule has 0 aliphatic heterocycles. The van der Waals surface area contributed by atoms with Gasteiger partial charge in [0.15, 0.2) is 0 Å². The Morgan fingerprint density at radius 1 is 1.08 bits per heavy atom. The number of amides is 1. The molecule has 0 aliphatic carbocycles. The molecule has 0 saturated carbocycles. The number of rotatable bonds is 6. The number of carbonyl (C=O) groups is 1. The van der Waals surface area contributed by atoms with E-state index in [4.69, 9.17) is 4.18 Å². The molecular weight excluding hydrogens is 340 g/mol. The van der Waals surface area contributed by atoms with Crippen molar-refractivity contribution in [2.24, 2.45) is 11.0 Å². The van der Waals surface area contributed by atoms with Crippen molar-refractivity contribution in [3.63, 3.8) is 0 Å². The number of carbonyl (C=O) groups excluding carboxylic acids is 1. The second-order valence-electron chi connectivity index (χ2n) is 5.81. The van der Waals surface area contributed by atoms with Gasteiger partial charge in [-0.05, 0) is 48.9 Å². The minimum atomic E-state index is -3.87. The van der Waals surface area contributed by atoms with Crippen LogP contribution >= 0.6 is 0 Å². The van der Waals surface area contributed by atoms with Crippen LogP contribution < -0.4 is 9.61 Å². The Hall–Kier alpha value is -2.67. The van der Waals surface area contributed by atoms with Crippen LogP contribution in [0.5, 0.6) is 5.75 Å². The Morgan fingerprint density at radius 2 is 1.68 bits per heavy atom. The molecule has 0 unspecified atom stereocenters. The highest BCUT2D eigenvalue weighted by atomic mass is 32.2. The fraction of sp³-hybridized carbons (Fsp3) is 0.222. The summed E-state index contributed by atoms with van der Waals surface area (Å²) in [6.07, 6.45) is 1.47. The molecule has 6 nitrogen and oxygen atoms in total. The predicted molar refractivity (Wildman–Crippen MR) is 96.0 cm³/mol. The average Bonchev–Trinajstić information content (AvgIpc) is 2.56. The summed E-state index contributed by atoms with van der Waals surface area (Å²) in [7, 11) is -3.87. The molecule has 0 radical (unpaired) electrons. The highest BCUT2D eigenvalue weighted by Crippen LogP contribution is 2.19. The van der Waals surface area contributed by atoms with Gasteiger partial charge in [0.25, 0.3) is 0 Å². The van der Waals surface area contributed by atoms with Gasteiger partial charge in [-0.15, -0.1) is 0 Å². The first-order chi connectivity index (χ1) is 11.8. The molecule has 132 valence electrons. The summed E-state index contributed by atoms with van der Waals surface area (Å²) >= 11 is 0. The van der Waals surface area contributed by atoms with Crippen molar-refractivity contribution in [1.82, 2.24) is 5.43 Å². The van der Waals surface area contributed by atoms with E-state index < -0.39 is 10.1 Å². The van der Waals surface area contributed by atoms with Crippen LogP contribution in [-0.2, 0) is 14.9 Å². The fourth-order valence-electron chi connectivity index (χ4n) is 1.79. The van der Waals surface area contributed by atoms with Crippen LogP contribution in [0.1, 0.15) is 25.0 Å². The minimum Gasteiger partial charge on any atom is -0.379 e. The molecule has 0 saturated heterocycles. The second-order valence-corrected chi connectivity index (χ2v) is 7.35. The molecule has 1 amide bonds. The molecule has 0 aliphatic rings. The van der Waals surface area contributed by atoms with Crippen molar-refractivity contribution in [2.45, 2.75) is 25.7 Å². The number of hydrazone groups is 1. The Kier molecular flexibility index (Phi) is 5.93. The van der Waals surface area contributed by atoms with E-state index >= 15 is 0 Å². The van der Waals surface area contributed by atoms with Crippen molar-refractivity contribution in [3.05, 3.63) is 59.7 Å². The maximum Gasteiger partial charge on any atom is 0.339 e. The van der Waals surface area contributed by atoms with E-state index in [9.17, 15) is 13.2 Å². The smallest absolute Gasteiger partial charge is 0.339 e. The Labute approximate surface area is 147 Å². The number of benzene rings is 2. The molecular formula is C18H20N2O4S. The van der Waals surface area contributed by atoms with Crippen molar-refractivity contribution in [3.8, 4) is 5.75 Å². The number of nitrogens with zero attached hydrogens (tertiary/aromatic N) is 1. The maximum absolute atomic E-state index is 12.2. The standard InChI is InChI=1S/C18H20N2O4S/c1-13(2)18(21)20-19-12-15-6-8-16(9-7-15)24-25(22,23)17-10-4-14(3)5-11-17/h4-13H,1-3H3,(H,20,21)/b19-12-. The highest BCUT2D eigenvalue weighted by molar-refractivity contribution is 7.87. The first-order valence-electron chi connectivity index (χ1n) is 7.72. The van der Waals surface area contributed by atoms with Crippen LogP contribution in [0.4, 0.5) is 0 Å². The van der Waals surface area contributed by atoms with Crippen molar-refractivity contribution in [2.75, 3.05) is 0 Å². The van der Waals surface area contributed by atoms with Gasteiger partial charge in [-0.25, -0.2) is 5.43 Å². The minimum absolute atomic E-state index is 0.0973.